The molecule has 1 aliphatic heterocycles. The topological polar surface area (TPSA) is 27.7 Å². The maximum atomic E-state index is 4.23. The quantitative estimate of drug-likeness (QED) is 0.580. The molecule has 2 aromatic carbocycles. The van der Waals surface area contributed by atoms with E-state index < -0.39 is 0 Å². The van der Waals surface area contributed by atoms with Crippen LogP contribution in [0, 0.1) is 6.92 Å². The minimum absolute atomic E-state index is 0.885. The number of rotatable bonds is 3. The minimum atomic E-state index is 0.885. The van der Waals surface area contributed by atoms with Gasteiger partial charge in [-0.3, -0.25) is 0 Å². The maximum Gasteiger partial charge on any atom is 0.0858 e. The number of aryl methyl sites for hydroxylation is 1. The highest BCUT2D eigenvalue weighted by molar-refractivity contribution is 5.56. The molecule has 3 rings (SSSR count). The van der Waals surface area contributed by atoms with Crippen LogP contribution in [0.3, 0.4) is 0 Å². The van der Waals surface area contributed by atoms with Gasteiger partial charge in [-0.2, -0.15) is 10.2 Å². The second-order valence-electron chi connectivity index (χ2n) is 4.54. The van der Waals surface area contributed by atoms with Crippen molar-refractivity contribution in [2.45, 2.75) is 6.92 Å². The lowest BCUT2D eigenvalue weighted by molar-refractivity contribution is 1.22. The third-order valence-electron chi connectivity index (χ3n) is 2.98. The molecule has 18 heavy (non-hydrogen) atoms. The van der Waals surface area contributed by atoms with Crippen molar-refractivity contribution in [1.29, 1.82) is 0 Å². The summed E-state index contributed by atoms with van der Waals surface area (Å²) in [6.45, 7) is 4.40. The second-order valence-corrected chi connectivity index (χ2v) is 4.54. The number of benzene rings is 2. The van der Waals surface area contributed by atoms with E-state index in [1.165, 1.54) is 24.3 Å². The van der Waals surface area contributed by atoms with Crippen LogP contribution in [0.4, 0.5) is 17.1 Å². The monoisotopic (exact) mass is 237 g/mol. The first-order chi connectivity index (χ1) is 8.81. The first kappa shape index (κ1) is 11.0. The largest absolute Gasteiger partial charge is 0.368 e. The van der Waals surface area contributed by atoms with Gasteiger partial charge in [0.15, 0.2) is 0 Å². The summed E-state index contributed by atoms with van der Waals surface area (Å²) in [5, 5.41) is 8.45. The summed E-state index contributed by atoms with van der Waals surface area (Å²) in [7, 11) is 0. The number of azo groups is 1. The molecule has 0 aromatic heterocycles. The van der Waals surface area contributed by atoms with Crippen LogP contribution < -0.4 is 4.90 Å². The van der Waals surface area contributed by atoms with Crippen molar-refractivity contribution < 1.29 is 0 Å². The zero-order valence-corrected chi connectivity index (χ0v) is 10.4. The van der Waals surface area contributed by atoms with E-state index in [1.807, 2.05) is 36.4 Å². The summed E-state index contributed by atoms with van der Waals surface area (Å²) >= 11 is 0. The van der Waals surface area contributed by atoms with Gasteiger partial charge in [0.2, 0.25) is 0 Å². The van der Waals surface area contributed by atoms with Gasteiger partial charge in [0, 0.05) is 18.8 Å². The van der Waals surface area contributed by atoms with Crippen LogP contribution in [0.2, 0.25) is 0 Å². The highest BCUT2D eigenvalue weighted by Gasteiger charge is 2.16. The summed E-state index contributed by atoms with van der Waals surface area (Å²) in [5.74, 6) is 0. The number of hydrogen-bond donors (Lipinski definition) is 0. The molecule has 0 N–H and O–H groups in total. The molecular weight excluding hydrogens is 222 g/mol. The first-order valence-corrected chi connectivity index (χ1v) is 6.15. The lowest BCUT2D eigenvalue weighted by Gasteiger charge is -2.01. The standard InChI is InChI=1S/C15H15N3/c1-12-2-4-13(5-3-12)16-17-14-6-8-15(9-7-14)18-10-11-18/h2-9H,10-11H2,1H3. The summed E-state index contributed by atoms with van der Waals surface area (Å²) < 4.78 is 0. The van der Waals surface area contributed by atoms with Crippen molar-refractivity contribution in [1.82, 2.24) is 0 Å². The highest BCUT2D eigenvalue weighted by atomic mass is 15.3. The maximum absolute atomic E-state index is 4.23. The molecule has 0 unspecified atom stereocenters. The van der Waals surface area contributed by atoms with Crippen LogP contribution in [0.1, 0.15) is 5.56 Å². The zero-order chi connectivity index (χ0) is 12.4. The lowest BCUT2D eigenvalue weighted by Crippen LogP contribution is -1.88. The van der Waals surface area contributed by atoms with Gasteiger partial charge in [0.05, 0.1) is 11.4 Å². The van der Waals surface area contributed by atoms with Crippen molar-refractivity contribution in [3.8, 4) is 0 Å². The van der Waals surface area contributed by atoms with Crippen LogP contribution >= 0.6 is 0 Å². The normalized spacial score (nSPS) is 14.2. The fourth-order valence-electron chi connectivity index (χ4n) is 1.77. The van der Waals surface area contributed by atoms with E-state index in [-0.39, 0.29) is 0 Å². The van der Waals surface area contributed by atoms with Gasteiger partial charge in [-0.1, -0.05) is 17.7 Å². The Kier molecular flexibility index (Phi) is 2.81. The van der Waals surface area contributed by atoms with Crippen LogP contribution in [0.5, 0.6) is 0 Å². The van der Waals surface area contributed by atoms with Gasteiger partial charge in [0.1, 0.15) is 0 Å². The van der Waals surface area contributed by atoms with Crippen LogP contribution in [0.15, 0.2) is 58.8 Å². The molecule has 90 valence electrons. The molecule has 1 fully saturated rings. The fourth-order valence-corrected chi connectivity index (χ4v) is 1.77. The molecule has 1 saturated heterocycles. The Morgan fingerprint density at radius 1 is 0.778 bits per heavy atom. The second kappa shape index (κ2) is 4.61. The molecule has 1 heterocycles. The third-order valence-corrected chi connectivity index (χ3v) is 2.98. The molecule has 3 heteroatoms. The molecule has 1 aliphatic rings. The van der Waals surface area contributed by atoms with E-state index in [0.717, 1.165) is 11.4 Å². The van der Waals surface area contributed by atoms with Gasteiger partial charge < -0.3 is 4.90 Å². The Labute approximate surface area is 107 Å². The molecule has 0 radical (unpaired) electrons. The zero-order valence-electron chi connectivity index (χ0n) is 10.4. The van der Waals surface area contributed by atoms with Crippen molar-refractivity contribution in [3.05, 3.63) is 54.1 Å². The SMILES string of the molecule is Cc1ccc(N=Nc2ccc(N3CC3)cc2)cc1. The molecular formula is C15H15N3. The van der Waals surface area contributed by atoms with Crippen LogP contribution in [-0.4, -0.2) is 13.1 Å². The number of hydrogen-bond acceptors (Lipinski definition) is 3. The van der Waals surface area contributed by atoms with E-state index in [4.69, 9.17) is 0 Å². The van der Waals surface area contributed by atoms with E-state index in [0.29, 0.717) is 0 Å². The van der Waals surface area contributed by atoms with E-state index in [9.17, 15) is 0 Å². The smallest absolute Gasteiger partial charge is 0.0858 e. The van der Waals surface area contributed by atoms with E-state index >= 15 is 0 Å². The molecule has 0 bridgehead atoms. The molecule has 2 aromatic rings. The Bertz CT molecular complexity index is 551. The lowest BCUT2D eigenvalue weighted by atomic mass is 10.2. The van der Waals surface area contributed by atoms with Crippen molar-refractivity contribution in [2.24, 2.45) is 10.2 Å². The summed E-state index contributed by atoms with van der Waals surface area (Å²) in [6, 6.07) is 16.2. The number of nitrogens with zero attached hydrogens (tertiary/aromatic N) is 3. The van der Waals surface area contributed by atoms with Gasteiger partial charge in [-0.15, -0.1) is 0 Å². The molecule has 0 aliphatic carbocycles. The van der Waals surface area contributed by atoms with Gasteiger partial charge in [0.25, 0.3) is 0 Å². The summed E-state index contributed by atoms with van der Waals surface area (Å²) in [6.07, 6.45) is 0. The molecule has 0 saturated carbocycles. The Balaban J connectivity index is 1.73. The number of anilines is 1. The van der Waals surface area contributed by atoms with Crippen LogP contribution in [0.25, 0.3) is 0 Å². The van der Waals surface area contributed by atoms with Crippen molar-refractivity contribution in [2.75, 3.05) is 18.0 Å². The van der Waals surface area contributed by atoms with Gasteiger partial charge in [-0.05, 0) is 43.3 Å². The Hall–Kier alpha value is -2.16. The van der Waals surface area contributed by atoms with Crippen molar-refractivity contribution >= 4 is 17.1 Å². The van der Waals surface area contributed by atoms with Gasteiger partial charge in [-0.25, -0.2) is 0 Å². The Morgan fingerprint density at radius 3 is 1.78 bits per heavy atom. The van der Waals surface area contributed by atoms with E-state index in [1.54, 1.807) is 0 Å². The predicted molar refractivity (Wildman–Crippen MR) is 74.0 cm³/mol. The first-order valence-electron chi connectivity index (χ1n) is 6.15. The average molecular weight is 237 g/mol. The molecule has 0 spiro atoms. The minimum Gasteiger partial charge on any atom is -0.368 e. The third kappa shape index (κ3) is 2.56. The van der Waals surface area contributed by atoms with Gasteiger partial charge >= 0.3 is 0 Å². The molecule has 0 atom stereocenters. The fraction of sp³-hybridized carbons (Fsp3) is 0.200. The summed E-state index contributed by atoms with van der Waals surface area (Å²) in [4.78, 5) is 2.31. The molecule has 0 amide bonds. The van der Waals surface area contributed by atoms with Crippen molar-refractivity contribution in [3.63, 3.8) is 0 Å². The highest BCUT2D eigenvalue weighted by Crippen LogP contribution is 2.25. The summed E-state index contributed by atoms with van der Waals surface area (Å²) in [5.41, 5.74) is 4.28. The van der Waals surface area contributed by atoms with E-state index in [2.05, 4.69) is 34.2 Å². The Morgan fingerprint density at radius 2 is 1.28 bits per heavy atom. The predicted octanol–water partition coefficient (Wildman–Crippen LogP) is 4.23. The molecule has 3 nitrogen and oxygen atoms in total. The average Bonchev–Trinajstić information content (AvgIpc) is 3.23. The van der Waals surface area contributed by atoms with Crippen LogP contribution in [-0.2, 0) is 0 Å².